The van der Waals surface area contributed by atoms with Crippen LogP contribution in [-0.4, -0.2) is 21.3 Å². The number of hydrogen-bond donors (Lipinski definition) is 1. The molecular weight excluding hydrogens is 188 g/mol. The molecule has 4 nitrogen and oxygen atoms in total. The largest absolute Gasteiger partial charge is 0.330 e. The fourth-order valence-electron chi connectivity index (χ4n) is 1.52. The van der Waals surface area contributed by atoms with Crippen LogP contribution in [0.5, 0.6) is 0 Å². The van der Waals surface area contributed by atoms with Gasteiger partial charge in [-0.1, -0.05) is 6.07 Å². The quantitative estimate of drug-likeness (QED) is 0.810. The lowest BCUT2D eigenvalue weighted by atomic mass is 10.2. The third-order valence-electron chi connectivity index (χ3n) is 2.21. The normalized spacial score (nSPS) is 10.5. The minimum atomic E-state index is 0.624. The smallest absolute Gasteiger partial charge is 0.156 e. The van der Waals surface area contributed by atoms with Gasteiger partial charge in [0.2, 0.25) is 0 Å². The van der Waals surface area contributed by atoms with Crippen molar-refractivity contribution in [2.75, 3.05) is 6.54 Å². The summed E-state index contributed by atoms with van der Waals surface area (Å²) < 4.78 is 1.79. The molecule has 0 spiro atoms. The van der Waals surface area contributed by atoms with E-state index in [1.807, 2.05) is 31.5 Å². The lowest BCUT2D eigenvalue weighted by Gasteiger charge is -2.06. The standard InChI is InChI=1S/C11H14N4/c1-9-7-14-15(8-9)11-10(4-5-12)3-2-6-13-11/h2-3,6-8H,4-5,12H2,1H3. The molecule has 2 rings (SSSR count). The molecule has 15 heavy (non-hydrogen) atoms. The number of pyridine rings is 1. The van der Waals surface area contributed by atoms with Crippen LogP contribution < -0.4 is 5.73 Å². The molecule has 4 heteroatoms. The van der Waals surface area contributed by atoms with Crippen molar-refractivity contribution in [2.45, 2.75) is 13.3 Å². The van der Waals surface area contributed by atoms with Crippen LogP contribution in [0.15, 0.2) is 30.7 Å². The molecule has 0 aliphatic carbocycles. The van der Waals surface area contributed by atoms with Gasteiger partial charge >= 0.3 is 0 Å². The second-order valence-corrected chi connectivity index (χ2v) is 3.49. The fraction of sp³-hybridized carbons (Fsp3) is 0.273. The summed E-state index contributed by atoms with van der Waals surface area (Å²) in [6.07, 6.45) is 6.37. The Kier molecular flexibility index (Phi) is 2.78. The zero-order valence-electron chi connectivity index (χ0n) is 8.72. The topological polar surface area (TPSA) is 56.7 Å². The molecule has 0 bridgehead atoms. The van der Waals surface area contributed by atoms with Gasteiger partial charge in [0.15, 0.2) is 5.82 Å². The number of aryl methyl sites for hydroxylation is 1. The molecule has 2 heterocycles. The van der Waals surface area contributed by atoms with Crippen LogP contribution in [0.3, 0.4) is 0 Å². The molecule has 0 aliphatic heterocycles. The highest BCUT2D eigenvalue weighted by molar-refractivity contribution is 5.33. The minimum Gasteiger partial charge on any atom is -0.330 e. The van der Waals surface area contributed by atoms with Crippen molar-refractivity contribution in [1.29, 1.82) is 0 Å². The van der Waals surface area contributed by atoms with E-state index >= 15 is 0 Å². The lowest BCUT2D eigenvalue weighted by molar-refractivity contribution is 0.817. The Morgan fingerprint density at radius 1 is 1.47 bits per heavy atom. The number of nitrogens with two attached hydrogens (primary N) is 1. The van der Waals surface area contributed by atoms with Gasteiger partial charge in [-0.15, -0.1) is 0 Å². The third kappa shape index (κ3) is 2.05. The van der Waals surface area contributed by atoms with Crippen molar-refractivity contribution in [2.24, 2.45) is 5.73 Å². The highest BCUT2D eigenvalue weighted by atomic mass is 15.3. The molecule has 2 N–H and O–H groups in total. The zero-order valence-corrected chi connectivity index (χ0v) is 8.72. The Labute approximate surface area is 88.8 Å². The van der Waals surface area contributed by atoms with Gasteiger partial charge in [-0.25, -0.2) is 9.67 Å². The summed E-state index contributed by atoms with van der Waals surface area (Å²) in [6, 6.07) is 3.96. The Morgan fingerprint density at radius 3 is 3.00 bits per heavy atom. The van der Waals surface area contributed by atoms with E-state index < -0.39 is 0 Å². The van der Waals surface area contributed by atoms with Crippen LogP contribution in [-0.2, 0) is 6.42 Å². The molecule has 0 saturated carbocycles. The SMILES string of the molecule is Cc1cnn(-c2ncccc2CCN)c1. The Morgan fingerprint density at radius 2 is 2.33 bits per heavy atom. The van der Waals surface area contributed by atoms with E-state index in [1.54, 1.807) is 10.9 Å². The van der Waals surface area contributed by atoms with Gasteiger partial charge < -0.3 is 5.73 Å². The van der Waals surface area contributed by atoms with Gasteiger partial charge in [0.25, 0.3) is 0 Å². The van der Waals surface area contributed by atoms with Crippen molar-refractivity contribution >= 4 is 0 Å². The van der Waals surface area contributed by atoms with Crippen LogP contribution in [0.1, 0.15) is 11.1 Å². The molecule has 2 aromatic heterocycles. The Hall–Kier alpha value is -1.68. The first kappa shape index (κ1) is 9.86. The summed E-state index contributed by atoms with van der Waals surface area (Å²) in [4.78, 5) is 4.33. The summed E-state index contributed by atoms with van der Waals surface area (Å²) in [6.45, 7) is 2.63. The number of nitrogens with zero attached hydrogens (tertiary/aromatic N) is 3. The average molecular weight is 202 g/mol. The minimum absolute atomic E-state index is 0.624. The maximum absolute atomic E-state index is 5.56. The van der Waals surface area contributed by atoms with E-state index in [-0.39, 0.29) is 0 Å². The molecule has 78 valence electrons. The maximum atomic E-state index is 5.56. The van der Waals surface area contributed by atoms with Crippen LogP contribution in [0.2, 0.25) is 0 Å². The van der Waals surface area contributed by atoms with Crippen LogP contribution in [0, 0.1) is 6.92 Å². The van der Waals surface area contributed by atoms with E-state index in [9.17, 15) is 0 Å². The first-order valence-electron chi connectivity index (χ1n) is 4.97. The maximum Gasteiger partial charge on any atom is 0.156 e. The fourth-order valence-corrected chi connectivity index (χ4v) is 1.52. The highest BCUT2D eigenvalue weighted by Crippen LogP contribution is 2.11. The van der Waals surface area contributed by atoms with E-state index in [0.717, 1.165) is 23.4 Å². The van der Waals surface area contributed by atoms with Gasteiger partial charge in [0.1, 0.15) is 0 Å². The summed E-state index contributed by atoms with van der Waals surface area (Å²) in [5, 5.41) is 4.24. The van der Waals surface area contributed by atoms with Gasteiger partial charge in [-0.05, 0) is 37.1 Å². The molecule has 0 aliphatic rings. The van der Waals surface area contributed by atoms with Gasteiger partial charge in [0, 0.05) is 12.4 Å². The number of aromatic nitrogens is 3. The molecule has 0 radical (unpaired) electrons. The Bertz CT molecular complexity index is 447. The van der Waals surface area contributed by atoms with Crippen molar-refractivity contribution < 1.29 is 0 Å². The number of rotatable bonds is 3. The summed E-state index contributed by atoms with van der Waals surface area (Å²) >= 11 is 0. The molecule has 2 aromatic rings. The molecule has 0 atom stereocenters. The predicted molar refractivity (Wildman–Crippen MR) is 58.9 cm³/mol. The van der Waals surface area contributed by atoms with Crippen LogP contribution in [0.4, 0.5) is 0 Å². The summed E-state index contributed by atoms with van der Waals surface area (Å²) in [5.74, 6) is 0.871. The van der Waals surface area contributed by atoms with Gasteiger partial charge in [-0.3, -0.25) is 0 Å². The Balaban J connectivity index is 2.42. The molecule has 0 unspecified atom stereocenters. The third-order valence-corrected chi connectivity index (χ3v) is 2.21. The molecule has 0 amide bonds. The zero-order chi connectivity index (χ0) is 10.7. The lowest BCUT2D eigenvalue weighted by Crippen LogP contribution is -2.08. The van der Waals surface area contributed by atoms with Crippen molar-refractivity contribution in [1.82, 2.24) is 14.8 Å². The second-order valence-electron chi connectivity index (χ2n) is 3.49. The summed E-state index contributed by atoms with van der Waals surface area (Å²) in [5.41, 5.74) is 7.81. The van der Waals surface area contributed by atoms with E-state index in [0.29, 0.717) is 6.54 Å². The monoisotopic (exact) mass is 202 g/mol. The van der Waals surface area contributed by atoms with Gasteiger partial charge in [0.05, 0.1) is 6.20 Å². The first-order chi connectivity index (χ1) is 7.31. The van der Waals surface area contributed by atoms with Crippen molar-refractivity contribution in [3.05, 3.63) is 41.9 Å². The summed E-state index contributed by atoms with van der Waals surface area (Å²) in [7, 11) is 0. The highest BCUT2D eigenvalue weighted by Gasteiger charge is 2.05. The number of hydrogen-bond acceptors (Lipinski definition) is 3. The first-order valence-corrected chi connectivity index (χ1v) is 4.97. The predicted octanol–water partition coefficient (Wildman–Crippen LogP) is 1.08. The van der Waals surface area contributed by atoms with Crippen molar-refractivity contribution in [3.8, 4) is 5.82 Å². The molecule has 0 aromatic carbocycles. The molecular formula is C11H14N4. The van der Waals surface area contributed by atoms with Gasteiger partial charge in [-0.2, -0.15) is 5.10 Å². The molecule has 0 saturated heterocycles. The van der Waals surface area contributed by atoms with Crippen molar-refractivity contribution in [3.63, 3.8) is 0 Å². The average Bonchev–Trinajstić information content (AvgIpc) is 2.66. The van der Waals surface area contributed by atoms with E-state index in [4.69, 9.17) is 5.73 Å². The second kappa shape index (κ2) is 4.23. The molecule has 0 fully saturated rings. The van der Waals surface area contributed by atoms with Crippen LogP contribution >= 0.6 is 0 Å². The van der Waals surface area contributed by atoms with E-state index in [2.05, 4.69) is 10.1 Å². The van der Waals surface area contributed by atoms with E-state index in [1.165, 1.54) is 0 Å². The van der Waals surface area contributed by atoms with Crippen LogP contribution in [0.25, 0.3) is 5.82 Å².